The molecule has 0 amide bonds. The van der Waals surface area contributed by atoms with Gasteiger partial charge in [0.1, 0.15) is 24.2 Å². The molecule has 0 aromatic heterocycles. The van der Waals surface area contributed by atoms with E-state index in [0.717, 1.165) is 10.6 Å². The van der Waals surface area contributed by atoms with E-state index < -0.39 is 12.0 Å². The maximum atomic E-state index is 12.8. The highest BCUT2D eigenvalue weighted by Crippen LogP contribution is 2.21. The second-order valence-electron chi connectivity index (χ2n) is 4.83. The Morgan fingerprint density at radius 3 is 2.64 bits per heavy atom. The van der Waals surface area contributed by atoms with Crippen molar-refractivity contribution in [1.29, 1.82) is 0 Å². The molecule has 116 valence electrons. The van der Waals surface area contributed by atoms with Crippen molar-refractivity contribution in [1.82, 2.24) is 0 Å². The lowest BCUT2D eigenvalue weighted by Gasteiger charge is -2.23. The summed E-state index contributed by atoms with van der Waals surface area (Å²) in [5.74, 6) is 5.03. The van der Waals surface area contributed by atoms with Gasteiger partial charge in [-0.1, -0.05) is 18.2 Å². The van der Waals surface area contributed by atoms with Crippen molar-refractivity contribution in [2.45, 2.75) is 19.6 Å². The van der Waals surface area contributed by atoms with Crippen molar-refractivity contribution in [3.05, 3.63) is 59.9 Å². The molecule has 3 N–H and O–H groups in total. The van der Waals surface area contributed by atoms with Crippen LogP contribution in [0.5, 0.6) is 5.75 Å². The van der Waals surface area contributed by atoms with Crippen molar-refractivity contribution < 1.29 is 19.0 Å². The van der Waals surface area contributed by atoms with E-state index in [9.17, 15) is 9.18 Å². The van der Waals surface area contributed by atoms with E-state index in [1.54, 1.807) is 36.4 Å². The minimum atomic E-state index is -1.01. The molecule has 0 aliphatic rings. The van der Waals surface area contributed by atoms with Gasteiger partial charge in [0.15, 0.2) is 0 Å². The fourth-order valence-electron chi connectivity index (χ4n) is 1.82. The van der Waals surface area contributed by atoms with E-state index >= 15 is 0 Å². The Hall–Kier alpha value is -2.60. The highest BCUT2D eigenvalue weighted by atomic mass is 19.1. The summed E-state index contributed by atoms with van der Waals surface area (Å²) in [7, 11) is 0. The van der Waals surface area contributed by atoms with Crippen LogP contribution in [-0.4, -0.2) is 17.1 Å². The molecule has 1 unspecified atom stereocenters. The molecule has 0 saturated carbocycles. The number of nitrogens with zero attached hydrogens (tertiary/aromatic N) is 1. The molecule has 2 rings (SSSR count). The third-order valence-electron chi connectivity index (χ3n) is 3.21. The Morgan fingerprint density at radius 2 is 2.00 bits per heavy atom. The Balaban J connectivity index is 2.05. The highest BCUT2D eigenvalue weighted by Gasteiger charge is 2.18. The largest absolute Gasteiger partial charge is 0.489 e. The number of hydrogen-bond donors (Lipinski definition) is 2. The summed E-state index contributed by atoms with van der Waals surface area (Å²) >= 11 is 0. The first-order valence-electron chi connectivity index (χ1n) is 6.71. The molecule has 0 bridgehead atoms. The fourth-order valence-corrected chi connectivity index (χ4v) is 1.82. The van der Waals surface area contributed by atoms with E-state index in [1.165, 1.54) is 19.1 Å². The zero-order valence-corrected chi connectivity index (χ0v) is 12.1. The minimum absolute atomic E-state index is 0.281. The van der Waals surface area contributed by atoms with Crippen LogP contribution in [0.4, 0.5) is 10.1 Å². The van der Waals surface area contributed by atoms with E-state index in [4.69, 9.17) is 15.7 Å². The molecule has 0 aliphatic carbocycles. The van der Waals surface area contributed by atoms with Gasteiger partial charge in [0.05, 0.1) is 5.69 Å². The minimum Gasteiger partial charge on any atom is -0.489 e. The molecule has 0 saturated heterocycles. The highest BCUT2D eigenvalue weighted by molar-refractivity contribution is 5.77. The Labute approximate surface area is 127 Å². The van der Waals surface area contributed by atoms with Gasteiger partial charge < -0.3 is 9.84 Å². The van der Waals surface area contributed by atoms with Gasteiger partial charge in [-0.05, 0) is 36.8 Å². The molecule has 2 aromatic carbocycles. The second kappa shape index (κ2) is 6.91. The lowest BCUT2D eigenvalue weighted by Crippen LogP contribution is -2.44. The second-order valence-corrected chi connectivity index (χ2v) is 4.83. The van der Waals surface area contributed by atoms with Gasteiger partial charge >= 0.3 is 5.97 Å². The van der Waals surface area contributed by atoms with Gasteiger partial charge in [-0.15, -0.1) is 0 Å². The first-order valence-corrected chi connectivity index (χ1v) is 6.71. The summed E-state index contributed by atoms with van der Waals surface area (Å²) < 4.78 is 18.4. The third-order valence-corrected chi connectivity index (χ3v) is 3.21. The zero-order chi connectivity index (χ0) is 16.1. The number of rotatable bonds is 6. The standard InChI is InChI=1S/C16H17FN2O3/c1-11(16(20)21)19(18)14-3-2-4-15(9-14)22-10-12-5-7-13(17)8-6-12/h2-9,11H,10,18H2,1H3,(H,20,21). The van der Waals surface area contributed by atoms with Crippen molar-refractivity contribution in [3.8, 4) is 5.75 Å². The normalized spacial score (nSPS) is 11.8. The maximum Gasteiger partial charge on any atom is 0.327 e. The van der Waals surface area contributed by atoms with Gasteiger partial charge in [-0.2, -0.15) is 0 Å². The summed E-state index contributed by atoms with van der Waals surface area (Å²) in [4.78, 5) is 11.0. The number of hydrazine groups is 1. The van der Waals surface area contributed by atoms with Crippen LogP contribution in [0.1, 0.15) is 12.5 Å². The Bertz CT molecular complexity index is 646. The number of carboxylic acid groups (broad SMARTS) is 1. The van der Waals surface area contributed by atoms with Crippen LogP contribution in [0.25, 0.3) is 0 Å². The number of hydrogen-bond acceptors (Lipinski definition) is 4. The van der Waals surface area contributed by atoms with E-state index in [2.05, 4.69) is 0 Å². The average Bonchev–Trinajstić information content (AvgIpc) is 2.53. The number of halogens is 1. The van der Waals surface area contributed by atoms with Crippen LogP contribution in [0.3, 0.4) is 0 Å². The number of ether oxygens (including phenoxy) is 1. The van der Waals surface area contributed by atoms with E-state index in [0.29, 0.717) is 11.4 Å². The van der Waals surface area contributed by atoms with Crippen LogP contribution in [-0.2, 0) is 11.4 Å². The molecule has 2 aromatic rings. The SMILES string of the molecule is CC(C(=O)O)N(N)c1cccc(OCc2ccc(F)cc2)c1. The fraction of sp³-hybridized carbons (Fsp3) is 0.188. The quantitative estimate of drug-likeness (QED) is 0.633. The van der Waals surface area contributed by atoms with Gasteiger partial charge in [0, 0.05) is 6.07 Å². The Morgan fingerprint density at radius 1 is 1.32 bits per heavy atom. The molecule has 0 fully saturated rings. The smallest absolute Gasteiger partial charge is 0.327 e. The molecule has 5 nitrogen and oxygen atoms in total. The van der Waals surface area contributed by atoms with Crippen molar-refractivity contribution in [2.24, 2.45) is 5.84 Å². The lowest BCUT2D eigenvalue weighted by molar-refractivity contribution is -0.138. The van der Waals surface area contributed by atoms with Gasteiger partial charge in [-0.25, -0.2) is 15.0 Å². The lowest BCUT2D eigenvalue weighted by atomic mass is 10.2. The Kier molecular flexibility index (Phi) is 4.95. The van der Waals surface area contributed by atoms with Crippen molar-refractivity contribution in [3.63, 3.8) is 0 Å². The molecule has 0 aliphatic heterocycles. The molecule has 0 heterocycles. The predicted molar refractivity (Wildman–Crippen MR) is 80.9 cm³/mol. The third kappa shape index (κ3) is 3.95. The van der Waals surface area contributed by atoms with Crippen molar-refractivity contribution >= 4 is 11.7 Å². The molecular formula is C16H17FN2O3. The number of benzene rings is 2. The zero-order valence-electron chi connectivity index (χ0n) is 12.1. The van der Waals surface area contributed by atoms with Crippen molar-refractivity contribution in [2.75, 3.05) is 5.01 Å². The molecule has 6 heteroatoms. The summed E-state index contributed by atoms with van der Waals surface area (Å²) in [6, 6.07) is 12.0. The maximum absolute atomic E-state index is 12.8. The molecular weight excluding hydrogens is 287 g/mol. The predicted octanol–water partition coefficient (Wildman–Crippen LogP) is 2.56. The van der Waals surface area contributed by atoms with Gasteiger partial charge in [-0.3, -0.25) is 5.01 Å². The van der Waals surface area contributed by atoms with Gasteiger partial charge in [0.25, 0.3) is 0 Å². The van der Waals surface area contributed by atoms with Crippen LogP contribution in [0, 0.1) is 5.82 Å². The summed E-state index contributed by atoms with van der Waals surface area (Å²) in [5.41, 5.74) is 1.36. The van der Waals surface area contributed by atoms with Gasteiger partial charge in [0.2, 0.25) is 0 Å². The van der Waals surface area contributed by atoms with E-state index in [-0.39, 0.29) is 12.4 Å². The number of carbonyl (C=O) groups is 1. The molecule has 0 radical (unpaired) electrons. The summed E-state index contributed by atoms with van der Waals surface area (Å²) in [5, 5.41) is 10.1. The van der Waals surface area contributed by atoms with E-state index in [1.807, 2.05) is 0 Å². The first kappa shape index (κ1) is 15.8. The summed E-state index contributed by atoms with van der Waals surface area (Å²) in [6.45, 7) is 1.77. The number of carboxylic acids is 1. The number of aliphatic carboxylic acids is 1. The van der Waals surface area contributed by atoms with Crippen LogP contribution in [0.15, 0.2) is 48.5 Å². The average molecular weight is 304 g/mol. The topological polar surface area (TPSA) is 75.8 Å². The number of nitrogens with two attached hydrogens (primary N) is 1. The first-order chi connectivity index (χ1) is 10.5. The monoisotopic (exact) mass is 304 g/mol. The number of anilines is 1. The molecule has 1 atom stereocenters. The molecule has 0 spiro atoms. The summed E-state index contributed by atoms with van der Waals surface area (Å²) in [6.07, 6.45) is 0. The molecule has 22 heavy (non-hydrogen) atoms. The van der Waals surface area contributed by atoms with Crippen LogP contribution in [0.2, 0.25) is 0 Å². The van der Waals surface area contributed by atoms with Crippen LogP contribution < -0.4 is 15.6 Å². The van der Waals surface area contributed by atoms with Crippen LogP contribution >= 0.6 is 0 Å².